The highest BCUT2D eigenvalue weighted by Gasteiger charge is 2.17. The van der Waals surface area contributed by atoms with Crippen molar-refractivity contribution in [2.24, 2.45) is 0 Å². The van der Waals surface area contributed by atoms with Crippen molar-refractivity contribution in [3.05, 3.63) is 52.4 Å². The van der Waals surface area contributed by atoms with Gasteiger partial charge in [0.2, 0.25) is 5.43 Å². The van der Waals surface area contributed by atoms with Crippen LogP contribution in [0.1, 0.15) is 5.69 Å². The Morgan fingerprint density at radius 3 is 2.56 bits per heavy atom. The van der Waals surface area contributed by atoms with Crippen LogP contribution in [0.15, 0.2) is 41.3 Å². The van der Waals surface area contributed by atoms with Crippen molar-refractivity contribution in [1.82, 2.24) is 19.7 Å². The van der Waals surface area contributed by atoms with Gasteiger partial charge in [0.05, 0.1) is 36.2 Å². The van der Waals surface area contributed by atoms with E-state index in [-0.39, 0.29) is 5.43 Å². The normalized spacial score (nSPS) is 11.2. The molecule has 0 spiro atoms. The summed E-state index contributed by atoms with van der Waals surface area (Å²) in [7, 11) is 3.10. The molecule has 7 heteroatoms. The van der Waals surface area contributed by atoms with Crippen molar-refractivity contribution in [3.8, 4) is 17.3 Å². The van der Waals surface area contributed by atoms with Gasteiger partial charge in [0.25, 0.3) is 0 Å². The standard InChI is InChI=1S/C18H16N4O3/c1-10-16-17(23)11-8-13(24-2)14(25-3)9-12(11)20-18(16)22(21-10)15-6-4-5-7-19-15/h4-9H,1-3H3,(H,20,23). The van der Waals surface area contributed by atoms with Gasteiger partial charge in [-0.3, -0.25) is 4.79 Å². The van der Waals surface area contributed by atoms with Crippen LogP contribution in [-0.4, -0.2) is 34.0 Å². The maximum absolute atomic E-state index is 13.0. The van der Waals surface area contributed by atoms with Crippen molar-refractivity contribution in [1.29, 1.82) is 0 Å². The number of hydrogen-bond donors (Lipinski definition) is 1. The summed E-state index contributed by atoms with van der Waals surface area (Å²) < 4.78 is 12.3. The van der Waals surface area contributed by atoms with Gasteiger partial charge in [-0.15, -0.1) is 0 Å². The molecule has 0 atom stereocenters. The molecule has 0 unspecified atom stereocenters. The number of methoxy groups -OCH3 is 2. The van der Waals surface area contributed by atoms with E-state index in [2.05, 4.69) is 15.1 Å². The topological polar surface area (TPSA) is 82.0 Å². The number of ether oxygens (including phenoxy) is 2. The summed E-state index contributed by atoms with van der Waals surface area (Å²) >= 11 is 0. The predicted molar refractivity (Wildman–Crippen MR) is 94.8 cm³/mol. The maximum atomic E-state index is 13.0. The van der Waals surface area contributed by atoms with Gasteiger partial charge in [-0.1, -0.05) is 6.07 Å². The van der Waals surface area contributed by atoms with E-state index in [1.54, 1.807) is 37.2 Å². The number of pyridine rings is 2. The lowest BCUT2D eigenvalue weighted by Gasteiger charge is -2.09. The van der Waals surface area contributed by atoms with Crippen LogP contribution in [0.4, 0.5) is 0 Å². The predicted octanol–water partition coefficient (Wildman–Crippen LogP) is 2.59. The molecule has 3 aromatic heterocycles. The Bertz CT molecular complexity index is 1150. The summed E-state index contributed by atoms with van der Waals surface area (Å²) in [5.41, 5.74) is 1.77. The Balaban J connectivity index is 2.12. The second kappa shape index (κ2) is 5.62. The summed E-state index contributed by atoms with van der Waals surface area (Å²) in [5.74, 6) is 1.69. The third-order valence-electron chi connectivity index (χ3n) is 4.18. The minimum Gasteiger partial charge on any atom is -0.493 e. The molecule has 25 heavy (non-hydrogen) atoms. The largest absolute Gasteiger partial charge is 0.493 e. The lowest BCUT2D eigenvalue weighted by molar-refractivity contribution is 0.356. The second-order valence-electron chi connectivity index (χ2n) is 5.62. The second-order valence-corrected chi connectivity index (χ2v) is 5.62. The van der Waals surface area contributed by atoms with Crippen LogP contribution in [-0.2, 0) is 0 Å². The Morgan fingerprint density at radius 1 is 1.12 bits per heavy atom. The van der Waals surface area contributed by atoms with Gasteiger partial charge in [0.1, 0.15) is 5.65 Å². The lowest BCUT2D eigenvalue weighted by Crippen LogP contribution is -2.07. The molecule has 0 fully saturated rings. The molecule has 4 aromatic rings. The molecule has 3 heterocycles. The summed E-state index contributed by atoms with van der Waals surface area (Å²) in [6, 6.07) is 8.97. The summed E-state index contributed by atoms with van der Waals surface area (Å²) in [5, 5.41) is 5.54. The fourth-order valence-electron chi connectivity index (χ4n) is 2.99. The molecule has 4 rings (SSSR count). The van der Waals surface area contributed by atoms with E-state index < -0.39 is 0 Å². The minimum absolute atomic E-state index is 0.107. The van der Waals surface area contributed by atoms with E-state index in [1.165, 1.54) is 0 Å². The summed E-state index contributed by atoms with van der Waals surface area (Å²) in [6.07, 6.45) is 1.69. The van der Waals surface area contributed by atoms with Gasteiger partial charge in [-0.2, -0.15) is 9.78 Å². The van der Waals surface area contributed by atoms with Crippen LogP contribution in [0.3, 0.4) is 0 Å². The zero-order valence-corrected chi connectivity index (χ0v) is 14.0. The van der Waals surface area contributed by atoms with E-state index in [9.17, 15) is 4.79 Å². The third kappa shape index (κ3) is 2.24. The van der Waals surface area contributed by atoms with E-state index in [0.29, 0.717) is 44.9 Å². The van der Waals surface area contributed by atoms with E-state index in [0.717, 1.165) is 0 Å². The highest BCUT2D eigenvalue weighted by Crippen LogP contribution is 2.31. The zero-order chi connectivity index (χ0) is 17.6. The number of aromatic nitrogens is 4. The molecule has 0 saturated carbocycles. The van der Waals surface area contributed by atoms with E-state index in [1.807, 2.05) is 25.1 Å². The number of H-pyrrole nitrogens is 1. The Kier molecular flexibility index (Phi) is 3.42. The number of hydrogen-bond acceptors (Lipinski definition) is 5. The molecule has 126 valence electrons. The first-order valence-electron chi connectivity index (χ1n) is 7.72. The number of aryl methyl sites for hydroxylation is 1. The molecular weight excluding hydrogens is 320 g/mol. The highest BCUT2D eigenvalue weighted by atomic mass is 16.5. The molecule has 0 amide bonds. The number of nitrogens with one attached hydrogen (secondary N) is 1. The van der Waals surface area contributed by atoms with Gasteiger partial charge >= 0.3 is 0 Å². The van der Waals surface area contributed by atoms with E-state index >= 15 is 0 Å². The number of nitrogens with zero attached hydrogens (tertiary/aromatic N) is 3. The maximum Gasteiger partial charge on any atom is 0.200 e. The molecule has 1 aromatic carbocycles. The molecule has 0 radical (unpaired) electrons. The number of benzene rings is 1. The first-order valence-corrected chi connectivity index (χ1v) is 7.72. The van der Waals surface area contributed by atoms with Crippen LogP contribution < -0.4 is 14.9 Å². The molecule has 0 aliphatic rings. The summed E-state index contributed by atoms with van der Waals surface area (Å²) in [6.45, 7) is 1.81. The molecule has 0 bridgehead atoms. The van der Waals surface area contributed by atoms with E-state index in [4.69, 9.17) is 9.47 Å². The molecule has 1 N–H and O–H groups in total. The average molecular weight is 336 g/mol. The van der Waals surface area contributed by atoms with Crippen LogP contribution in [0.2, 0.25) is 0 Å². The Hall–Kier alpha value is -3.35. The molecule has 0 saturated heterocycles. The highest BCUT2D eigenvalue weighted by molar-refractivity contribution is 5.94. The van der Waals surface area contributed by atoms with Crippen molar-refractivity contribution >= 4 is 21.9 Å². The molecule has 7 nitrogen and oxygen atoms in total. The first kappa shape index (κ1) is 15.2. The fourth-order valence-corrected chi connectivity index (χ4v) is 2.99. The fraction of sp³-hybridized carbons (Fsp3) is 0.167. The van der Waals surface area contributed by atoms with Crippen molar-refractivity contribution in [2.45, 2.75) is 6.92 Å². The van der Waals surface area contributed by atoms with Crippen LogP contribution in [0, 0.1) is 6.92 Å². The van der Waals surface area contributed by atoms with Gasteiger partial charge in [0.15, 0.2) is 17.3 Å². The lowest BCUT2D eigenvalue weighted by atomic mass is 10.1. The van der Waals surface area contributed by atoms with Crippen LogP contribution >= 0.6 is 0 Å². The van der Waals surface area contributed by atoms with Crippen molar-refractivity contribution < 1.29 is 9.47 Å². The number of aromatic amines is 1. The van der Waals surface area contributed by atoms with Crippen molar-refractivity contribution in [3.63, 3.8) is 0 Å². The van der Waals surface area contributed by atoms with Gasteiger partial charge in [0, 0.05) is 12.3 Å². The number of fused-ring (bicyclic) bond motifs is 2. The smallest absolute Gasteiger partial charge is 0.200 e. The van der Waals surface area contributed by atoms with Crippen molar-refractivity contribution in [2.75, 3.05) is 14.2 Å². The monoisotopic (exact) mass is 336 g/mol. The summed E-state index contributed by atoms with van der Waals surface area (Å²) in [4.78, 5) is 20.6. The SMILES string of the molecule is COc1cc2[nH]c3c(c(C)nn3-c3ccccn3)c(=O)c2cc1OC. The Morgan fingerprint density at radius 2 is 1.88 bits per heavy atom. The zero-order valence-electron chi connectivity index (χ0n) is 14.0. The number of rotatable bonds is 3. The van der Waals surface area contributed by atoms with Crippen LogP contribution in [0.5, 0.6) is 11.5 Å². The van der Waals surface area contributed by atoms with Gasteiger partial charge in [-0.25, -0.2) is 4.98 Å². The first-order chi connectivity index (χ1) is 12.1. The molecular formula is C18H16N4O3. The quantitative estimate of drug-likeness (QED) is 0.622. The molecule has 0 aliphatic heterocycles. The van der Waals surface area contributed by atoms with Gasteiger partial charge < -0.3 is 14.5 Å². The molecule has 0 aliphatic carbocycles. The average Bonchev–Trinajstić information content (AvgIpc) is 2.98. The Labute approximate surface area is 142 Å². The van der Waals surface area contributed by atoms with Crippen LogP contribution in [0.25, 0.3) is 27.8 Å². The van der Waals surface area contributed by atoms with Gasteiger partial charge in [-0.05, 0) is 25.1 Å². The minimum atomic E-state index is -0.107. The third-order valence-corrected chi connectivity index (χ3v) is 4.18.